The molecule has 0 saturated carbocycles. The van der Waals surface area contributed by atoms with Crippen LogP contribution < -0.4 is 4.90 Å². The van der Waals surface area contributed by atoms with E-state index < -0.39 is 5.97 Å². The Kier molecular flexibility index (Phi) is 4.95. The Morgan fingerprint density at radius 1 is 1.32 bits per heavy atom. The number of nitrogens with zero attached hydrogens (tertiary/aromatic N) is 2. The largest absolute Gasteiger partial charge is 0.462 e. The molecule has 1 aromatic carbocycles. The summed E-state index contributed by atoms with van der Waals surface area (Å²) in [6.45, 7) is 4.43. The van der Waals surface area contributed by atoms with Crippen LogP contribution in [0.3, 0.4) is 0 Å². The molecule has 114 valence electrons. The van der Waals surface area contributed by atoms with Crippen molar-refractivity contribution in [3.63, 3.8) is 0 Å². The number of hydrogen-bond acceptors (Lipinski definition) is 4. The second-order valence-corrected chi connectivity index (χ2v) is 4.91. The lowest BCUT2D eigenvalue weighted by atomic mass is 10.0. The molecule has 0 fully saturated rings. The van der Waals surface area contributed by atoms with Crippen molar-refractivity contribution in [1.82, 2.24) is 0 Å². The lowest BCUT2D eigenvalue weighted by molar-refractivity contribution is -0.138. The van der Waals surface area contributed by atoms with E-state index >= 15 is 0 Å². The second-order valence-electron chi connectivity index (χ2n) is 4.91. The third-order valence-corrected chi connectivity index (χ3v) is 3.50. The van der Waals surface area contributed by atoms with Gasteiger partial charge in [-0.15, -0.1) is 0 Å². The molecule has 1 aliphatic heterocycles. The number of carbonyl (C=O) groups is 2. The van der Waals surface area contributed by atoms with Crippen molar-refractivity contribution in [3.05, 3.63) is 35.4 Å². The van der Waals surface area contributed by atoms with Crippen LogP contribution in [0, 0.1) is 11.3 Å². The Hall–Kier alpha value is -2.61. The minimum absolute atomic E-state index is 0.146. The summed E-state index contributed by atoms with van der Waals surface area (Å²) in [5.74, 6) is -1.06. The maximum Gasteiger partial charge on any atom is 0.349 e. The van der Waals surface area contributed by atoms with Gasteiger partial charge in [-0.1, -0.05) is 31.5 Å². The minimum Gasteiger partial charge on any atom is -0.462 e. The molecule has 0 aromatic heterocycles. The summed E-state index contributed by atoms with van der Waals surface area (Å²) in [5.41, 5.74) is 1.28. The average Bonchev–Trinajstić information content (AvgIpc) is 2.79. The summed E-state index contributed by atoms with van der Waals surface area (Å²) >= 11 is 0. The van der Waals surface area contributed by atoms with Crippen LogP contribution in [0.25, 0.3) is 5.57 Å². The van der Waals surface area contributed by atoms with Crippen molar-refractivity contribution < 1.29 is 14.3 Å². The molecule has 0 atom stereocenters. The van der Waals surface area contributed by atoms with Gasteiger partial charge in [0.1, 0.15) is 6.07 Å². The van der Waals surface area contributed by atoms with E-state index in [1.165, 1.54) is 0 Å². The first-order valence-electron chi connectivity index (χ1n) is 7.38. The molecule has 0 spiro atoms. The van der Waals surface area contributed by atoms with Gasteiger partial charge in [0.25, 0.3) is 5.91 Å². The smallest absolute Gasteiger partial charge is 0.349 e. The van der Waals surface area contributed by atoms with Crippen LogP contribution in [0.4, 0.5) is 5.69 Å². The molecule has 0 aliphatic carbocycles. The molecule has 1 amide bonds. The summed E-state index contributed by atoms with van der Waals surface area (Å²) in [6.07, 6.45) is 1.81. The van der Waals surface area contributed by atoms with Crippen LogP contribution >= 0.6 is 0 Å². The van der Waals surface area contributed by atoms with E-state index in [4.69, 9.17) is 4.74 Å². The number of carbonyl (C=O) groups excluding carboxylic acids is 2. The van der Waals surface area contributed by atoms with Crippen molar-refractivity contribution in [1.29, 1.82) is 5.26 Å². The van der Waals surface area contributed by atoms with Gasteiger partial charge in [0.05, 0.1) is 17.9 Å². The topological polar surface area (TPSA) is 70.4 Å². The average molecular weight is 298 g/mol. The van der Waals surface area contributed by atoms with Gasteiger partial charge in [-0.2, -0.15) is 5.26 Å². The molecule has 5 heteroatoms. The van der Waals surface area contributed by atoms with Gasteiger partial charge in [-0.3, -0.25) is 4.79 Å². The summed E-state index contributed by atoms with van der Waals surface area (Å²) < 4.78 is 4.90. The number of esters is 1. The number of benzene rings is 1. The molecular formula is C17H18N2O3. The zero-order chi connectivity index (χ0) is 16.1. The van der Waals surface area contributed by atoms with Crippen LogP contribution in [0.2, 0.25) is 0 Å². The minimum atomic E-state index is -0.750. The quantitative estimate of drug-likeness (QED) is 0.476. The highest BCUT2D eigenvalue weighted by atomic mass is 16.5. The maximum atomic E-state index is 12.7. The number of nitriles is 1. The fourth-order valence-electron chi connectivity index (χ4n) is 2.47. The number of ether oxygens (including phenoxy) is 1. The van der Waals surface area contributed by atoms with Crippen molar-refractivity contribution in [3.8, 4) is 6.07 Å². The summed E-state index contributed by atoms with van der Waals surface area (Å²) in [6, 6.07) is 9.04. The Labute approximate surface area is 129 Å². The Bertz CT molecular complexity index is 671. The fourth-order valence-corrected chi connectivity index (χ4v) is 2.47. The molecule has 0 N–H and O–H groups in total. The third kappa shape index (κ3) is 2.73. The number of para-hydroxylation sites is 1. The number of amides is 1. The van der Waals surface area contributed by atoms with E-state index in [-0.39, 0.29) is 23.7 Å². The first-order chi connectivity index (χ1) is 10.7. The highest BCUT2D eigenvalue weighted by molar-refractivity contribution is 6.36. The van der Waals surface area contributed by atoms with Gasteiger partial charge < -0.3 is 9.64 Å². The van der Waals surface area contributed by atoms with Crippen LogP contribution in [-0.4, -0.2) is 25.0 Å². The van der Waals surface area contributed by atoms with E-state index in [1.54, 1.807) is 24.0 Å². The van der Waals surface area contributed by atoms with Crippen molar-refractivity contribution in [2.45, 2.75) is 26.7 Å². The number of hydrogen-bond donors (Lipinski definition) is 0. The van der Waals surface area contributed by atoms with E-state index in [1.807, 2.05) is 25.1 Å². The van der Waals surface area contributed by atoms with E-state index in [2.05, 4.69) is 0 Å². The van der Waals surface area contributed by atoms with Crippen molar-refractivity contribution >= 4 is 23.1 Å². The van der Waals surface area contributed by atoms with Crippen molar-refractivity contribution in [2.75, 3.05) is 18.1 Å². The highest BCUT2D eigenvalue weighted by Crippen LogP contribution is 2.38. The van der Waals surface area contributed by atoms with Gasteiger partial charge in [-0.05, 0) is 19.4 Å². The van der Waals surface area contributed by atoms with Gasteiger partial charge >= 0.3 is 5.97 Å². The standard InChI is InChI=1S/C17H18N2O3/c1-3-5-10-19-14-9-7-6-8-12(14)15(16(19)20)13(11-18)17(21)22-4-2/h6-9H,3-5,10H2,1-2H3/b15-13+. The van der Waals surface area contributed by atoms with E-state index in [0.29, 0.717) is 12.1 Å². The summed E-state index contributed by atoms with van der Waals surface area (Å²) in [7, 11) is 0. The molecule has 0 radical (unpaired) electrons. The highest BCUT2D eigenvalue weighted by Gasteiger charge is 2.36. The first-order valence-corrected chi connectivity index (χ1v) is 7.38. The molecule has 0 saturated heterocycles. The summed E-state index contributed by atoms with van der Waals surface area (Å²) in [4.78, 5) is 26.3. The van der Waals surface area contributed by atoms with Gasteiger partial charge in [0, 0.05) is 12.1 Å². The van der Waals surface area contributed by atoms with Crippen LogP contribution in [-0.2, 0) is 14.3 Å². The van der Waals surface area contributed by atoms with Gasteiger partial charge in [0.15, 0.2) is 5.57 Å². The predicted molar refractivity (Wildman–Crippen MR) is 82.9 cm³/mol. The second kappa shape index (κ2) is 6.90. The molecule has 2 rings (SSSR count). The molecule has 1 heterocycles. The van der Waals surface area contributed by atoms with Crippen molar-refractivity contribution in [2.24, 2.45) is 0 Å². The van der Waals surface area contributed by atoms with Crippen LogP contribution in [0.5, 0.6) is 0 Å². The molecule has 1 aliphatic rings. The maximum absolute atomic E-state index is 12.7. The van der Waals surface area contributed by atoms with Gasteiger partial charge in [0.2, 0.25) is 0 Å². The zero-order valence-corrected chi connectivity index (χ0v) is 12.8. The predicted octanol–water partition coefficient (Wildman–Crippen LogP) is 2.67. The van der Waals surface area contributed by atoms with E-state index in [9.17, 15) is 14.9 Å². The Balaban J connectivity index is 2.55. The molecule has 22 heavy (non-hydrogen) atoms. The zero-order valence-electron chi connectivity index (χ0n) is 12.8. The number of unbranched alkanes of at least 4 members (excludes halogenated alkanes) is 1. The Morgan fingerprint density at radius 2 is 2.05 bits per heavy atom. The Morgan fingerprint density at radius 3 is 2.68 bits per heavy atom. The third-order valence-electron chi connectivity index (χ3n) is 3.50. The van der Waals surface area contributed by atoms with E-state index in [0.717, 1.165) is 18.5 Å². The van der Waals surface area contributed by atoms with Crippen LogP contribution in [0.15, 0.2) is 29.8 Å². The fraction of sp³-hybridized carbons (Fsp3) is 0.353. The lowest BCUT2D eigenvalue weighted by Crippen LogP contribution is -2.28. The molecule has 1 aromatic rings. The monoisotopic (exact) mass is 298 g/mol. The summed E-state index contributed by atoms with van der Waals surface area (Å²) in [5, 5.41) is 9.31. The van der Waals surface area contributed by atoms with Crippen LogP contribution in [0.1, 0.15) is 32.3 Å². The molecule has 5 nitrogen and oxygen atoms in total. The number of fused-ring (bicyclic) bond motifs is 1. The lowest BCUT2D eigenvalue weighted by Gasteiger charge is -2.16. The number of anilines is 1. The molecular weight excluding hydrogens is 280 g/mol. The normalized spacial score (nSPS) is 15.3. The number of rotatable bonds is 5. The SMILES string of the molecule is CCCCN1C(=O)/C(=C(\C#N)C(=O)OCC)c2ccccc21. The first kappa shape index (κ1) is 15.8. The molecule has 0 bridgehead atoms. The molecule has 0 unspecified atom stereocenters. The van der Waals surface area contributed by atoms with Gasteiger partial charge in [-0.25, -0.2) is 4.79 Å².